The van der Waals surface area contributed by atoms with E-state index in [4.69, 9.17) is 4.74 Å². The molecule has 1 aromatic rings. The van der Waals surface area contributed by atoms with Crippen molar-refractivity contribution in [2.24, 2.45) is 5.41 Å². The summed E-state index contributed by atoms with van der Waals surface area (Å²) in [6.07, 6.45) is 1.54. The summed E-state index contributed by atoms with van der Waals surface area (Å²) in [4.78, 5) is 26.3. The Morgan fingerprint density at radius 3 is 2.28 bits per heavy atom. The van der Waals surface area contributed by atoms with Crippen LogP contribution in [0.3, 0.4) is 0 Å². The molecule has 1 fully saturated rings. The van der Waals surface area contributed by atoms with E-state index in [0.717, 1.165) is 18.6 Å². The number of ether oxygens (including phenoxy) is 1. The number of likely N-dealkylation sites (tertiary alicyclic amines) is 1. The van der Waals surface area contributed by atoms with E-state index in [1.807, 2.05) is 4.90 Å². The third-order valence-corrected chi connectivity index (χ3v) is 4.24. The fraction of sp³-hybridized carbons (Fsp3) is 0.579. The van der Waals surface area contributed by atoms with Crippen molar-refractivity contribution in [2.45, 2.75) is 39.7 Å². The zero-order valence-electron chi connectivity index (χ0n) is 15.6. The molecule has 2 N–H and O–H groups in total. The largest absolute Gasteiger partial charge is 0.497 e. The van der Waals surface area contributed by atoms with Gasteiger partial charge in [-0.15, -0.1) is 0 Å². The number of carbonyl (C=O) groups is 2. The number of hydrogen-bond acceptors (Lipinski definition) is 3. The molecule has 0 unspecified atom stereocenters. The fourth-order valence-corrected chi connectivity index (χ4v) is 2.69. The van der Waals surface area contributed by atoms with Gasteiger partial charge in [-0.3, -0.25) is 4.79 Å². The van der Waals surface area contributed by atoms with Gasteiger partial charge in [-0.05, 0) is 42.5 Å². The molecule has 1 aliphatic rings. The predicted octanol–water partition coefficient (Wildman–Crippen LogP) is 2.65. The Morgan fingerprint density at radius 1 is 1.16 bits per heavy atom. The molecule has 25 heavy (non-hydrogen) atoms. The van der Waals surface area contributed by atoms with Gasteiger partial charge < -0.3 is 20.3 Å². The summed E-state index contributed by atoms with van der Waals surface area (Å²) in [5.41, 5.74) is 0.687. The van der Waals surface area contributed by atoms with Crippen LogP contribution in [-0.2, 0) is 0 Å². The smallest absolute Gasteiger partial charge is 0.317 e. The monoisotopic (exact) mass is 347 g/mol. The molecule has 0 aliphatic carbocycles. The Kier molecular flexibility index (Phi) is 6.28. The maximum absolute atomic E-state index is 12.3. The van der Waals surface area contributed by atoms with Crippen LogP contribution in [0.4, 0.5) is 4.79 Å². The van der Waals surface area contributed by atoms with Crippen molar-refractivity contribution in [1.29, 1.82) is 0 Å². The van der Waals surface area contributed by atoms with E-state index < -0.39 is 0 Å². The van der Waals surface area contributed by atoms with Crippen LogP contribution < -0.4 is 15.4 Å². The van der Waals surface area contributed by atoms with Crippen LogP contribution in [0.15, 0.2) is 24.3 Å². The van der Waals surface area contributed by atoms with Crippen molar-refractivity contribution < 1.29 is 14.3 Å². The van der Waals surface area contributed by atoms with E-state index >= 15 is 0 Å². The molecule has 3 amide bonds. The number of benzene rings is 1. The lowest BCUT2D eigenvalue weighted by atomic mass is 9.97. The van der Waals surface area contributed by atoms with E-state index in [-0.39, 0.29) is 23.4 Å². The number of amides is 3. The average molecular weight is 347 g/mol. The summed E-state index contributed by atoms with van der Waals surface area (Å²) in [6.45, 7) is 8.24. The molecule has 0 radical (unpaired) electrons. The van der Waals surface area contributed by atoms with Crippen LogP contribution in [0.5, 0.6) is 5.75 Å². The van der Waals surface area contributed by atoms with Crippen LogP contribution in [0.2, 0.25) is 0 Å². The van der Waals surface area contributed by atoms with Gasteiger partial charge in [0, 0.05) is 31.2 Å². The van der Waals surface area contributed by atoms with Crippen LogP contribution in [0.25, 0.3) is 0 Å². The van der Waals surface area contributed by atoms with Crippen molar-refractivity contribution in [3.8, 4) is 5.75 Å². The highest BCUT2D eigenvalue weighted by molar-refractivity contribution is 5.94. The predicted molar refractivity (Wildman–Crippen MR) is 97.9 cm³/mol. The zero-order valence-corrected chi connectivity index (χ0v) is 15.6. The highest BCUT2D eigenvalue weighted by atomic mass is 16.5. The number of rotatable bonds is 4. The van der Waals surface area contributed by atoms with Crippen molar-refractivity contribution in [1.82, 2.24) is 15.5 Å². The molecule has 1 saturated heterocycles. The first-order valence-corrected chi connectivity index (χ1v) is 8.76. The van der Waals surface area contributed by atoms with Crippen molar-refractivity contribution in [3.05, 3.63) is 29.8 Å². The van der Waals surface area contributed by atoms with Crippen molar-refractivity contribution >= 4 is 11.9 Å². The fourth-order valence-electron chi connectivity index (χ4n) is 2.69. The van der Waals surface area contributed by atoms with Gasteiger partial charge in [0.15, 0.2) is 0 Å². The highest BCUT2D eigenvalue weighted by Gasteiger charge is 2.24. The molecular formula is C19H29N3O3. The van der Waals surface area contributed by atoms with Gasteiger partial charge in [-0.25, -0.2) is 4.79 Å². The van der Waals surface area contributed by atoms with Gasteiger partial charge in [0.05, 0.1) is 7.11 Å². The molecule has 2 rings (SSSR count). The summed E-state index contributed by atoms with van der Waals surface area (Å²) in [7, 11) is 1.60. The van der Waals surface area contributed by atoms with Gasteiger partial charge >= 0.3 is 6.03 Å². The SMILES string of the molecule is COc1ccc(C(=O)NC2CCN(C(=O)NCC(C)(C)C)CC2)cc1. The molecule has 0 atom stereocenters. The Hall–Kier alpha value is -2.24. The minimum Gasteiger partial charge on any atom is -0.497 e. The molecule has 138 valence electrons. The Labute approximate surface area is 149 Å². The molecule has 1 heterocycles. The molecule has 6 heteroatoms. The molecule has 0 saturated carbocycles. The number of urea groups is 1. The Bertz CT molecular complexity index is 585. The van der Waals surface area contributed by atoms with Gasteiger partial charge in [0.2, 0.25) is 0 Å². The van der Waals surface area contributed by atoms with Gasteiger partial charge in [0.25, 0.3) is 5.91 Å². The number of hydrogen-bond donors (Lipinski definition) is 2. The van der Waals surface area contributed by atoms with Gasteiger partial charge in [-0.1, -0.05) is 20.8 Å². The van der Waals surface area contributed by atoms with E-state index in [2.05, 4.69) is 31.4 Å². The Balaban J connectivity index is 1.77. The highest BCUT2D eigenvalue weighted by Crippen LogP contribution is 2.15. The number of nitrogens with one attached hydrogen (secondary N) is 2. The molecule has 1 aliphatic heterocycles. The van der Waals surface area contributed by atoms with E-state index in [0.29, 0.717) is 25.2 Å². The second kappa shape index (κ2) is 8.23. The summed E-state index contributed by atoms with van der Waals surface area (Å²) < 4.78 is 5.10. The lowest BCUT2D eigenvalue weighted by molar-refractivity contribution is 0.0917. The van der Waals surface area contributed by atoms with E-state index in [9.17, 15) is 9.59 Å². The van der Waals surface area contributed by atoms with Crippen molar-refractivity contribution in [3.63, 3.8) is 0 Å². The Morgan fingerprint density at radius 2 is 1.76 bits per heavy atom. The summed E-state index contributed by atoms with van der Waals surface area (Å²) in [5.74, 6) is 0.643. The maximum atomic E-state index is 12.3. The third kappa shape index (κ3) is 5.96. The number of carbonyl (C=O) groups excluding carboxylic acids is 2. The quantitative estimate of drug-likeness (QED) is 0.880. The molecule has 1 aromatic carbocycles. The van der Waals surface area contributed by atoms with Crippen LogP contribution in [-0.4, -0.2) is 49.6 Å². The minimum atomic E-state index is -0.0849. The van der Waals surface area contributed by atoms with Crippen LogP contribution in [0.1, 0.15) is 44.0 Å². The molecule has 0 spiro atoms. The van der Waals surface area contributed by atoms with Crippen molar-refractivity contribution in [2.75, 3.05) is 26.7 Å². The molecular weight excluding hydrogens is 318 g/mol. The van der Waals surface area contributed by atoms with Gasteiger partial charge in [0.1, 0.15) is 5.75 Å². The first-order valence-electron chi connectivity index (χ1n) is 8.76. The maximum Gasteiger partial charge on any atom is 0.317 e. The molecule has 0 bridgehead atoms. The second-order valence-electron chi connectivity index (χ2n) is 7.68. The first-order chi connectivity index (χ1) is 11.8. The normalized spacial score (nSPS) is 15.6. The lowest BCUT2D eigenvalue weighted by Gasteiger charge is -2.33. The first kappa shape index (κ1) is 19.1. The number of nitrogens with zero attached hydrogens (tertiary/aromatic N) is 1. The standard InChI is InChI=1S/C19H29N3O3/c1-19(2,3)13-20-18(24)22-11-9-15(10-12-22)21-17(23)14-5-7-16(25-4)8-6-14/h5-8,15H,9-13H2,1-4H3,(H,20,24)(H,21,23). The van der Waals surface area contributed by atoms with E-state index in [1.54, 1.807) is 31.4 Å². The summed E-state index contributed by atoms with van der Waals surface area (Å²) in [5, 5.41) is 6.02. The van der Waals surface area contributed by atoms with Crippen LogP contribution >= 0.6 is 0 Å². The number of methoxy groups -OCH3 is 1. The van der Waals surface area contributed by atoms with Crippen LogP contribution in [0, 0.1) is 5.41 Å². The molecule has 6 nitrogen and oxygen atoms in total. The zero-order chi connectivity index (χ0) is 18.4. The average Bonchev–Trinajstić information content (AvgIpc) is 2.59. The summed E-state index contributed by atoms with van der Waals surface area (Å²) in [6, 6.07) is 7.14. The molecule has 0 aromatic heterocycles. The third-order valence-electron chi connectivity index (χ3n) is 4.24. The topological polar surface area (TPSA) is 70.7 Å². The van der Waals surface area contributed by atoms with E-state index in [1.165, 1.54) is 0 Å². The lowest BCUT2D eigenvalue weighted by Crippen LogP contribution is -2.50. The minimum absolute atomic E-state index is 0.0187. The number of piperidine rings is 1. The van der Waals surface area contributed by atoms with Gasteiger partial charge in [-0.2, -0.15) is 0 Å². The second-order valence-corrected chi connectivity index (χ2v) is 7.68. The summed E-state index contributed by atoms with van der Waals surface area (Å²) >= 11 is 0.